The van der Waals surface area contributed by atoms with Crippen LogP contribution in [0.5, 0.6) is 5.75 Å². The summed E-state index contributed by atoms with van der Waals surface area (Å²) in [4.78, 5) is 16.9. The third-order valence-corrected chi connectivity index (χ3v) is 7.43. The van der Waals surface area contributed by atoms with Crippen molar-refractivity contribution >= 4 is 21.6 Å². The van der Waals surface area contributed by atoms with Crippen LogP contribution < -0.4 is 10.1 Å². The number of ether oxygens (including phenoxy) is 1. The molecule has 4 rings (SSSR count). The third-order valence-electron chi connectivity index (χ3n) is 5.54. The van der Waals surface area contributed by atoms with E-state index < -0.39 is 10.0 Å². The van der Waals surface area contributed by atoms with E-state index in [9.17, 15) is 13.2 Å². The van der Waals surface area contributed by atoms with Crippen LogP contribution in [0.3, 0.4) is 0 Å². The van der Waals surface area contributed by atoms with Crippen LogP contribution in [0.25, 0.3) is 0 Å². The highest BCUT2D eigenvalue weighted by Crippen LogP contribution is 2.23. The Bertz CT molecular complexity index is 1170. The van der Waals surface area contributed by atoms with Gasteiger partial charge >= 0.3 is 0 Å². The monoisotopic (exact) mass is 465 g/mol. The van der Waals surface area contributed by atoms with E-state index in [1.165, 1.54) is 6.07 Å². The second-order valence-electron chi connectivity index (χ2n) is 7.97. The van der Waals surface area contributed by atoms with Gasteiger partial charge in [0.1, 0.15) is 12.4 Å². The molecular weight excluding hydrogens is 438 g/mol. The van der Waals surface area contributed by atoms with Crippen LogP contribution >= 0.6 is 0 Å². The van der Waals surface area contributed by atoms with Gasteiger partial charge in [0, 0.05) is 42.3 Å². The largest absolute Gasteiger partial charge is 0.489 e. The zero-order chi connectivity index (χ0) is 23.1. The normalized spacial score (nSPS) is 14.9. The van der Waals surface area contributed by atoms with Crippen molar-refractivity contribution in [2.75, 3.05) is 18.4 Å². The summed E-state index contributed by atoms with van der Waals surface area (Å²) in [7, 11) is -3.58. The number of pyridine rings is 1. The molecule has 1 aliphatic heterocycles. The van der Waals surface area contributed by atoms with E-state index in [1.807, 2.05) is 12.1 Å². The molecule has 1 fully saturated rings. The first-order valence-electron chi connectivity index (χ1n) is 11.1. The van der Waals surface area contributed by atoms with Crippen molar-refractivity contribution in [2.24, 2.45) is 0 Å². The van der Waals surface area contributed by atoms with Gasteiger partial charge in [-0.2, -0.15) is 4.31 Å². The molecule has 2 aromatic carbocycles. The maximum atomic E-state index is 13.0. The lowest BCUT2D eigenvalue weighted by Crippen LogP contribution is -2.32. The molecule has 33 heavy (non-hydrogen) atoms. The molecule has 0 spiro atoms. The first-order valence-corrected chi connectivity index (χ1v) is 12.5. The van der Waals surface area contributed by atoms with Crippen molar-refractivity contribution in [1.82, 2.24) is 9.29 Å². The van der Waals surface area contributed by atoms with Gasteiger partial charge in [0.15, 0.2) is 0 Å². The number of nitrogens with one attached hydrogen (secondary N) is 1. The number of carbonyl (C=O) groups excluding carboxylic acids is 1. The van der Waals surface area contributed by atoms with Crippen LogP contribution in [0.15, 0.2) is 78.0 Å². The van der Waals surface area contributed by atoms with E-state index in [1.54, 1.807) is 59.2 Å². The molecule has 1 saturated heterocycles. The summed E-state index contributed by atoms with van der Waals surface area (Å²) in [5.74, 6) is 0.319. The Kier molecular flexibility index (Phi) is 7.36. The summed E-state index contributed by atoms with van der Waals surface area (Å²) in [6, 6.07) is 17.0. The summed E-state index contributed by atoms with van der Waals surface area (Å²) in [5.41, 5.74) is 1.84. The summed E-state index contributed by atoms with van der Waals surface area (Å²) >= 11 is 0. The number of sulfonamides is 1. The topological polar surface area (TPSA) is 88.6 Å². The minimum absolute atomic E-state index is 0.196. The molecule has 1 aliphatic rings. The Balaban J connectivity index is 1.40. The number of rotatable bonds is 7. The van der Waals surface area contributed by atoms with Crippen LogP contribution in [-0.4, -0.2) is 36.7 Å². The second-order valence-corrected chi connectivity index (χ2v) is 9.91. The first-order chi connectivity index (χ1) is 16.0. The number of amides is 1. The average molecular weight is 466 g/mol. The Labute approximate surface area is 194 Å². The van der Waals surface area contributed by atoms with Crippen LogP contribution in [-0.2, 0) is 16.6 Å². The number of carbonyl (C=O) groups is 1. The van der Waals surface area contributed by atoms with Crippen molar-refractivity contribution in [3.8, 4) is 5.75 Å². The molecule has 172 valence electrons. The van der Waals surface area contributed by atoms with Gasteiger partial charge in [0.2, 0.25) is 10.0 Å². The van der Waals surface area contributed by atoms with E-state index in [2.05, 4.69) is 10.3 Å². The number of anilines is 1. The van der Waals surface area contributed by atoms with Gasteiger partial charge in [0.25, 0.3) is 5.91 Å². The SMILES string of the molecule is O=C(Nc1cccc(S(=O)(=O)N2CCCCCC2)c1)c1ccc(OCc2cccnc2)cc1. The molecule has 1 N–H and O–H groups in total. The fraction of sp³-hybridized carbons (Fsp3) is 0.280. The molecular formula is C25H27N3O4S. The fourth-order valence-electron chi connectivity index (χ4n) is 3.72. The molecule has 0 bridgehead atoms. The average Bonchev–Trinajstić information content (AvgIpc) is 3.14. The van der Waals surface area contributed by atoms with Gasteiger partial charge in [-0.15, -0.1) is 0 Å². The van der Waals surface area contributed by atoms with Crippen molar-refractivity contribution in [3.05, 3.63) is 84.2 Å². The lowest BCUT2D eigenvalue weighted by Gasteiger charge is -2.20. The number of benzene rings is 2. The smallest absolute Gasteiger partial charge is 0.255 e. The van der Waals surface area contributed by atoms with Gasteiger partial charge in [0.05, 0.1) is 4.90 Å². The van der Waals surface area contributed by atoms with Crippen molar-refractivity contribution in [3.63, 3.8) is 0 Å². The van der Waals surface area contributed by atoms with Gasteiger partial charge in [-0.1, -0.05) is 25.0 Å². The standard InChI is InChI=1S/C25H27N3O4S/c29-25(21-10-12-23(13-11-21)32-19-20-7-6-14-26-18-20)27-22-8-5-9-24(17-22)33(30,31)28-15-3-1-2-4-16-28/h5-14,17-18H,1-4,15-16,19H2,(H,27,29). The Morgan fingerprint density at radius 2 is 1.73 bits per heavy atom. The second kappa shape index (κ2) is 10.6. The minimum Gasteiger partial charge on any atom is -0.489 e. The summed E-state index contributed by atoms with van der Waals surface area (Å²) < 4.78 is 33.4. The molecule has 0 aliphatic carbocycles. The summed E-state index contributed by atoms with van der Waals surface area (Å²) in [5, 5.41) is 2.79. The van der Waals surface area contributed by atoms with Crippen LogP contribution in [0.2, 0.25) is 0 Å². The highest BCUT2D eigenvalue weighted by molar-refractivity contribution is 7.89. The highest BCUT2D eigenvalue weighted by atomic mass is 32.2. The van der Waals surface area contributed by atoms with Crippen LogP contribution in [0, 0.1) is 0 Å². The third kappa shape index (κ3) is 5.97. The summed E-state index contributed by atoms with van der Waals surface area (Å²) in [6.45, 7) is 1.46. The molecule has 2 heterocycles. The zero-order valence-corrected chi connectivity index (χ0v) is 19.1. The Morgan fingerprint density at radius 1 is 0.970 bits per heavy atom. The maximum Gasteiger partial charge on any atom is 0.255 e. The van der Waals surface area contributed by atoms with Gasteiger partial charge < -0.3 is 10.1 Å². The number of nitrogens with zero attached hydrogens (tertiary/aromatic N) is 2. The van der Waals surface area contributed by atoms with Crippen LogP contribution in [0.4, 0.5) is 5.69 Å². The molecule has 0 atom stereocenters. The zero-order valence-electron chi connectivity index (χ0n) is 18.3. The number of aromatic nitrogens is 1. The quantitative estimate of drug-likeness (QED) is 0.556. The predicted octanol–water partition coefficient (Wildman–Crippen LogP) is 4.48. The summed E-state index contributed by atoms with van der Waals surface area (Å²) in [6.07, 6.45) is 7.29. The molecule has 1 amide bonds. The van der Waals surface area contributed by atoms with E-state index >= 15 is 0 Å². The van der Waals surface area contributed by atoms with E-state index in [0.29, 0.717) is 36.7 Å². The molecule has 1 aromatic heterocycles. The Hall–Kier alpha value is -3.23. The molecule has 0 unspecified atom stereocenters. The van der Waals surface area contributed by atoms with Gasteiger partial charge in [-0.25, -0.2) is 8.42 Å². The van der Waals surface area contributed by atoms with E-state index in [4.69, 9.17) is 4.74 Å². The maximum absolute atomic E-state index is 13.0. The lowest BCUT2D eigenvalue weighted by molar-refractivity contribution is 0.102. The number of hydrogen-bond acceptors (Lipinski definition) is 5. The molecule has 0 radical (unpaired) electrons. The van der Waals surface area contributed by atoms with Crippen molar-refractivity contribution in [1.29, 1.82) is 0 Å². The van der Waals surface area contributed by atoms with Crippen LogP contribution in [0.1, 0.15) is 41.6 Å². The minimum atomic E-state index is -3.58. The van der Waals surface area contributed by atoms with Crippen molar-refractivity contribution < 1.29 is 17.9 Å². The van der Waals surface area contributed by atoms with E-state index in [0.717, 1.165) is 31.2 Å². The van der Waals surface area contributed by atoms with E-state index in [-0.39, 0.29) is 10.8 Å². The van der Waals surface area contributed by atoms with Gasteiger partial charge in [-0.3, -0.25) is 9.78 Å². The van der Waals surface area contributed by atoms with Crippen molar-refractivity contribution in [2.45, 2.75) is 37.2 Å². The fourth-order valence-corrected chi connectivity index (χ4v) is 5.28. The Morgan fingerprint density at radius 3 is 2.42 bits per heavy atom. The van der Waals surface area contributed by atoms with Gasteiger partial charge in [-0.05, 0) is 61.4 Å². The highest BCUT2D eigenvalue weighted by Gasteiger charge is 2.25. The molecule has 3 aromatic rings. The lowest BCUT2D eigenvalue weighted by atomic mass is 10.2. The molecule has 7 nitrogen and oxygen atoms in total. The molecule has 8 heteroatoms. The predicted molar refractivity (Wildman–Crippen MR) is 127 cm³/mol. The first kappa shape index (κ1) is 22.9. The number of hydrogen-bond donors (Lipinski definition) is 1. The molecule has 0 saturated carbocycles.